The van der Waals surface area contributed by atoms with Gasteiger partial charge in [-0.15, -0.1) is 0 Å². The average Bonchev–Trinajstić information content (AvgIpc) is 3.38. The Morgan fingerprint density at radius 1 is 1.00 bits per heavy atom. The Balaban J connectivity index is 1.55. The van der Waals surface area contributed by atoms with Crippen molar-refractivity contribution >= 4 is 26.8 Å². The third kappa shape index (κ3) is 6.37. The van der Waals surface area contributed by atoms with Crippen molar-refractivity contribution in [3.8, 4) is 0 Å². The number of halogens is 3. The van der Waals surface area contributed by atoms with Gasteiger partial charge in [-0.3, -0.25) is 9.78 Å². The van der Waals surface area contributed by atoms with E-state index in [-0.39, 0.29) is 12.3 Å². The molecule has 11 heteroatoms. The summed E-state index contributed by atoms with van der Waals surface area (Å²) in [6.07, 6.45) is 3.12. The van der Waals surface area contributed by atoms with Gasteiger partial charge in [0.25, 0.3) is 0 Å². The standard InChI is InChI=1S/C31H33F3N4O3S/c1-30(19-22-20-36-25-15-7-5-13-23(22)25,38-42(40,41)27-17-8-6-14-24(27)31(32,33)34)29(39)37-28(21-11-3-2-4-12-21)26-16-9-10-18-35-26/h5-10,13-18,20-21,28,36,38H,2-4,11-12,19H2,1H3,(H,37,39). The van der Waals surface area contributed by atoms with Crippen LogP contribution in [0.15, 0.2) is 84.0 Å². The number of sulfonamides is 1. The third-order valence-electron chi connectivity index (χ3n) is 7.98. The van der Waals surface area contributed by atoms with Crippen LogP contribution in [0.4, 0.5) is 13.2 Å². The Morgan fingerprint density at radius 3 is 2.40 bits per heavy atom. The smallest absolute Gasteiger partial charge is 0.361 e. The van der Waals surface area contributed by atoms with Crippen molar-refractivity contribution < 1.29 is 26.4 Å². The molecule has 2 heterocycles. The van der Waals surface area contributed by atoms with Crippen molar-refractivity contribution in [1.82, 2.24) is 20.0 Å². The number of hydrogen-bond donors (Lipinski definition) is 3. The number of alkyl halides is 3. The molecule has 2 unspecified atom stereocenters. The highest BCUT2D eigenvalue weighted by Gasteiger charge is 2.44. The number of benzene rings is 2. The molecule has 222 valence electrons. The van der Waals surface area contributed by atoms with E-state index in [1.54, 1.807) is 18.5 Å². The van der Waals surface area contributed by atoms with E-state index >= 15 is 0 Å². The Labute approximate surface area is 243 Å². The van der Waals surface area contributed by atoms with Gasteiger partial charge in [0.05, 0.1) is 22.2 Å². The van der Waals surface area contributed by atoms with E-state index in [1.165, 1.54) is 13.0 Å². The zero-order chi connectivity index (χ0) is 30.0. The fourth-order valence-corrected chi connectivity index (χ4v) is 7.47. The van der Waals surface area contributed by atoms with Crippen molar-refractivity contribution in [1.29, 1.82) is 0 Å². The SMILES string of the molecule is CC(Cc1c[nH]c2ccccc12)(NS(=O)(=O)c1ccccc1C(F)(F)F)C(=O)NC(c1ccccn1)C1CCCCC1. The van der Waals surface area contributed by atoms with Crippen LogP contribution < -0.4 is 10.0 Å². The normalized spacial score (nSPS) is 17.0. The first-order valence-electron chi connectivity index (χ1n) is 13.9. The quantitative estimate of drug-likeness (QED) is 0.210. The van der Waals surface area contributed by atoms with Gasteiger partial charge >= 0.3 is 6.18 Å². The fraction of sp³-hybridized carbons (Fsp3) is 0.355. The van der Waals surface area contributed by atoms with E-state index in [2.05, 4.69) is 20.0 Å². The lowest BCUT2D eigenvalue weighted by atomic mass is 9.82. The molecule has 0 saturated heterocycles. The van der Waals surface area contributed by atoms with Crippen LogP contribution in [0.3, 0.4) is 0 Å². The highest BCUT2D eigenvalue weighted by molar-refractivity contribution is 7.89. The van der Waals surface area contributed by atoms with Crippen molar-refractivity contribution in [3.05, 3.63) is 95.9 Å². The molecule has 2 aromatic heterocycles. The van der Waals surface area contributed by atoms with Crippen LogP contribution >= 0.6 is 0 Å². The maximum absolute atomic E-state index is 14.2. The molecule has 0 aliphatic heterocycles. The molecule has 7 nitrogen and oxygen atoms in total. The Kier molecular flexibility index (Phi) is 8.43. The number of fused-ring (bicyclic) bond motifs is 1. The maximum atomic E-state index is 14.2. The second kappa shape index (κ2) is 11.9. The number of nitrogens with one attached hydrogen (secondary N) is 3. The number of carbonyl (C=O) groups excluding carboxylic acids is 1. The Bertz CT molecular complexity index is 1650. The fourth-order valence-electron chi connectivity index (χ4n) is 5.87. The Hall–Kier alpha value is -3.70. The molecule has 1 aliphatic rings. The Morgan fingerprint density at radius 2 is 1.69 bits per heavy atom. The predicted octanol–water partition coefficient (Wildman–Crippen LogP) is 6.30. The summed E-state index contributed by atoms with van der Waals surface area (Å²) in [5.41, 5.74) is -1.08. The van der Waals surface area contributed by atoms with Crippen LogP contribution in [0.1, 0.15) is 61.9 Å². The van der Waals surface area contributed by atoms with Gasteiger partial charge in [0.1, 0.15) is 5.54 Å². The number of aromatic nitrogens is 2. The summed E-state index contributed by atoms with van der Waals surface area (Å²) in [5, 5.41) is 3.84. The van der Waals surface area contributed by atoms with Crippen LogP contribution in [-0.4, -0.2) is 29.8 Å². The number of rotatable bonds is 9. The molecular formula is C31H33F3N4O3S. The number of pyridine rings is 1. The molecule has 1 fully saturated rings. The van der Waals surface area contributed by atoms with Crippen LogP contribution in [0, 0.1) is 5.92 Å². The molecule has 1 amide bonds. The van der Waals surface area contributed by atoms with Gasteiger partial charge < -0.3 is 10.3 Å². The predicted molar refractivity (Wildman–Crippen MR) is 154 cm³/mol. The first-order valence-corrected chi connectivity index (χ1v) is 15.4. The van der Waals surface area contributed by atoms with Crippen molar-refractivity contribution in [2.24, 2.45) is 5.92 Å². The molecule has 3 N–H and O–H groups in total. The van der Waals surface area contributed by atoms with Crippen molar-refractivity contribution in [2.45, 2.75) is 68.1 Å². The highest BCUT2D eigenvalue weighted by atomic mass is 32.2. The number of hydrogen-bond acceptors (Lipinski definition) is 4. The number of para-hydroxylation sites is 1. The highest BCUT2D eigenvalue weighted by Crippen LogP contribution is 2.36. The minimum absolute atomic E-state index is 0.0810. The molecular weight excluding hydrogens is 565 g/mol. The minimum atomic E-state index is -4.91. The minimum Gasteiger partial charge on any atom is -0.361 e. The van der Waals surface area contributed by atoms with Gasteiger partial charge in [-0.2, -0.15) is 17.9 Å². The van der Waals surface area contributed by atoms with Gasteiger partial charge in [-0.25, -0.2) is 8.42 Å². The molecule has 0 bridgehead atoms. The lowest BCUT2D eigenvalue weighted by Gasteiger charge is -2.35. The molecule has 1 aliphatic carbocycles. The van der Waals surface area contributed by atoms with E-state index in [1.807, 2.05) is 36.4 Å². The summed E-state index contributed by atoms with van der Waals surface area (Å²) >= 11 is 0. The van der Waals surface area contributed by atoms with E-state index in [0.717, 1.165) is 55.1 Å². The maximum Gasteiger partial charge on any atom is 0.417 e. The van der Waals surface area contributed by atoms with Crippen LogP contribution in [0.25, 0.3) is 10.9 Å². The molecule has 2 aromatic carbocycles. The van der Waals surface area contributed by atoms with Gasteiger partial charge in [0.2, 0.25) is 15.9 Å². The topological polar surface area (TPSA) is 104 Å². The zero-order valence-electron chi connectivity index (χ0n) is 23.1. The molecule has 4 aromatic rings. The summed E-state index contributed by atoms with van der Waals surface area (Å²) in [6.45, 7) is 1.41. The molecule has 0 radical (unpaired) electrons. The van der Waals surface area contributed by atoms with E-state index in [0.29, 0.717) is 17.3 Å². The number of carbonyl (C=O) groups is 1. The van der Waals surface area contributed by atoms with Gasteiger partial charge in [0.15, 0.2) is 0 Å². The second-order valence-corrected chi connectivity index (χ2v) is 12.7. The largest absolute Gasteiger partial charge is 0.417 e. The van der Waals surface area contributed by atoms with Crippen molar-refractivity contribution in [3.63, 3.8) is 0 Å². The summed E-state index contributed by atoms with van der Waals surface area (Å²) in [7, 11) is -4.82. The summed E-state index contributed by atoms with van der Waals surface area (Å²) in [4.78, 5) is 20.9. The summed E-state index contributed by atoms with van der Waals surface area (Å²) in [5.74, 6) is -0.570. The molecule has 1 saturated carbocycles. The first kappa shape index (κ1) is 29.8. The molecule has 0 spiro atoms. The first-order chi connectivity index (χ1) is 20.0. The van der Waals surface area contributed by atoms with Gasteiger partial charge in [-0.05, 0) is 61.6 Å². The molecule has 42 heavy (non-hydrogen) atoms. The van der Waals surface area contributed by atoms with Crippen molar-refractivity contribution in [2.75, 3.05) is 0 Å². The van der Waals surface area contributed by atoms with Crippen LogP contribution in [-0.2, 0) is 27.4 Å². The second-order valence-electron chi connectivity index (χ2n) is 11.1. The number of nitrogens with zero attached hydrogens (tertiary/aromatic N) is 1. The van der Waals surface area contributed by atoms with Gasteiger partial charge in [-0.1, -0.05) is 55.7 Å². The third-order valence-corrected chi connectivity index (χ3v) is 9.63. The van der Waals surface area contributed by atoms with E-state index < -0.39 is 44.1 Å². The summed E-state index contributed by atoms with van der Waals surface area (Å²) in [6, 6.07) is 16.2. The average molecular weight is 599 g/mol. The summed E-state index contributed by atoms with van der Waals surface area (Å²) < 4.78 is 71.2. The van der Waals surface area contributed by atoms with E-state index in [9.17, 15) is 26.4 Å². The van der Waals surface area contributed by atoms with Crippen LogP contribution in [0.5, 0.6) is 0 Å². The number of aromatic amines is 1. The lowest BCUT2D eigenvalue weighted by molar-refractivity contribution is -0.139. The van der Waals surface area contributed by atoms with E-state index in [4.69, 9.17) is 0 Å². The monoisotopic (exact) mass is 598 g/mol. The zero-order valence-corrected chi connectivity index (χ0v) is 23.9. The lowest BCUT2D eigenvalue weighted by Crippen LogP contribution is -2.59. The molecule has 5 rings (SSSR count). The number of H-pyrrole nitrogens is 1. The van der Waals surface area contributed by atoms with Crippen LogP contribution in [0.2, 0.25) is 0 Å². The molecule has 2 atom stereocenters. The number of amides is 1. The van der Waals surface area contributed by atoms with Gasteiger partial charge in [0, 0.05) is 29.7 Å².